The third kappa shape index (κ3) is 3.31. The first-order valence-corrected chi connectivity index (χ1v) is 5.44. The highest BCUT2D eigenvalue weighted by Crippen LogP contribution is 2.14. The third-order valence-electron chi connectivity index (χ3n) is 2.80. The van der Waals surface area contributed by atoms with Crippen LogP contribution < -0.4 is 5.32 Å². The number of aliphatic hydroxyl groups is 1. The zero-order valence-electron chi connectivity index (χ0n) is 9.73. The second kappa shape index (κ2) is 5.61. The van der Waals surface area contributed by atoms with Crippen molar-refractivity contribution in [2.75, 3.05) is 6.61 Å². The van der Waals surface area contributed by atoms with Crippen molar-refractivity contribution >= 4 is 5.91 Å². The lowest BCUT2D eigenvalue weighted by atomic mass is 9.94. The van der Waals surface area contributed by atoms with Crippen LogP contribution in [0.3, 0.4) is 0 Å². The van der Waals surface area contributed by atoms with E-state index in [1.165, 1.54) is 0 Å². The highest BCUT2D eigenvalue weighted by molar-refractivity contribution is 5.94. The molecule has 4 heteroatoms. The van der Waals surface area contributed by atoms with Crippen molar-refractivity contribution in [1.29, 1.82) is 0 Å². The molecule has 0 aliphatic heterocycles. The van der Waals surface area contributed by atoms with Gasteiger partial charge in [-0.15, -0.1) is 0 Å². The number of aromatic nitrogens is 1. The van der Waals surface area contributed by atoms with Gasteiger partial charge < -0.3 is 10.4 Å². The minimum Gasteiger partial charge on any atom is -0.396 e. The van der Waals surface area contributed by atoms with Crippen molar-refractivity contribution in [2.45, 2.75) is 32.2 Å². The van der Waals surface area contributed by atoms with Crippen LogP contribution in [0.5, 0.6) is 0 Å². The van der Waals surface area contributed by atoms with Crippen molar-refractivity contribution in [1.82, 2.24) is 10.3 Å². The molecule has 2 N–H and O–H groups in total. The largest absolute Gasteiger partial charge is 0.396 e. The Kier molecular flexibility index (Phi) is 4.43. The fourth-order valence-corrected chi connectivity index (χ4v) is 1.42. The van der Waals surface area contributed by atoms with E-state index in [1.54, 1.807) is 24.5 Å². The van der Waals surface area contributed by atoms with E-state index >= 15 is 0 Å². The topological polar surface area (TPSA) is 62.2 Å². The molecule has 0 aliphatic rings. The average Bonchev–Trinajstić information content (AvgIpc) is 2.30. The Morgan fingerprint density at radius 2 is 2.12 bits per heavy atom. The number of hydrogen-bond acceptors (Lipinski definition) is 3. The summed E-state index contributed by atoms with van der Waals surface area (Å²) < 4.78 is 0. The molecule has 0 aromatic carbocycles. The zero-order chi connectivity index (χ0) is 12.0. The Labute approximate surface area is 95.7 Å². The number of amides is 1. The molecule has 0 fully saturated rings. The lowest BCUT2D eigenvalue weighted by molar-refractivity contribution is 0.0886. The Morgan fingerprint density at radius 1 is 1.50 bits per heavy atom. The van der Waals surface area contributed by atoms with Gasteiger partial charge in [0.25, 0.3) is 5.91 Å². The monoisotopic (exact) mass is 222 g/mol. The molecule has 1 amide bonds. The molecule has 0 spiro atoms. The maximum absolute atomic E-state index is 11.9. The second-order valence-electron chi connectivity index (χ2n) is 4.08. The molecular formula is C12H18N2O2. The van der Waals surface area contributed by atoms with Crippen LogP contribution in [0.1, 0.15) is 37.0 Å². The summed E-state index contributed by atoms with van der Waals surface area (Å²) in [6, 6.07) is 3.34. The van der Waals surface area contributed by atoms with Crippen molar-refractivity contribution in [3.63, 3.8) is 0 Å². The fourth-order valence-electron chi connectivity index (χ4n) is 1.42. The van der Waals surface area contributed by atoms with Gasteiger partial charge in [-0.1, -0.05) is 6.92 Å². The van der Waals surface area contributed by atoms with Gasteiger partial charge in [0.1, 0.15) is 0 Å². The molecule has 0 saturated carbocycles. The summed E-state index contributed by atoms with van der Waals surface area (Å²) in [7, 11) is 0. The van der Waals surface area contributed by atoms with E-state index < -0.39 is 0 Å². The molecule has 1 atom stereocenters. The summed E-state index contributed by atoms with van der Waals surface area (Å²) >= 11 is 0. The van der Waals surface area contributed by atoms with Gasteiger partial charge in [-0.25, -0.2) is 0 Å². The lowest BCUT2D eigenvalue weighted by Crippen LogP contribution is -2.46. The highest BCUT2D eigenvalue weighted by Gasteiger charge is 2.23. The predicted octanol–water partition coefficient (Wildman–Crippen LogP) is 1.36. The van der Waals surface area contributed by atoms with Crippen LogP contribution >= 0.6 is 0 Å². The molecule has 1 heterocycles. The smallest absolute Gasteiger partial charge is 0.251 e. The fraction of sp³-hybridized carbons (Fsp3) is 0.500. The van der Waals surface area contributed by atoms with Crippen LogP contribution in [-0.4, -0.2) is 28.1 Å². The normalized spacial score (nSPS) is 14.2. The van der Waals surface area contributed by atoms with Gasteiger partial charge in [-0.2, -0.15) is 0 Å². The van der Waals surface area contributed by atoms with Gasteiger partial charge in [0, 0.05) is 30.1 Å². The van der Waals surface area contributed by atoms with Crippen LogP contribution in [0.2, 0.25) is 0 Å². The Morgan fingerprint density at radius 3 is 2.62 bits per heavy atom. The van der Waals surface area contributed by atoms with Crippen LogP contribution in [-0.2, 0) is 0 Å². The summed E-state index contributed by atoms with van der Waals surface area (Å²) in [6.45, 7) is 3.99. The molecule has 0 saturated heterocycles. The average molecular weight is 222 g/mol. The molecule has 4 nitrogen and oxygen atoms in total. The number of aliphatic hydroxyl groups excluding tert-OH is 1. The Bertz CT molecular complexity index is 340. The van der Waals surface area contributed by atoms with Gasteiger partial charge >= 0.3 is 0 Å². The number of pyridine rings is 1. The van der Waals surface area contributed by atoms with E-state index in [0.717, 1.165) is 6.42 Å². The standard InChI is InChI=1S/C12H18N2O2/c1-3-12(2,6-9-15)14-11(16)10-4-7-13-8-5-10/h4-5,7-8,15H,3,6,9H2,1-2H3,(H,14,16)/t12-/m0/s1. The van der Waals surface area contributed by atoms with E-state index in [2.05, 4.69) is 10.3 Å². The second-order valence-corrected chi connectivity index (χ2v) is 4.08. The van der Waals surface area contributed by atoms with Crippen molar-refractivity contribution < 1.29 is 9.90 Å². The summed E-state index contributed by atoms with van der Waals surface area (Å²) in [4.78, 5) is 15.7. The van der Waals surface area contributed by atoms with Crippen LogP contribution in [0, 0.1) is 0 Å². The molecule has 0 unspecified atom stereocenters. The van der Waals surface area contributed by atoms with Gasteiger partial charge in [-0.3, -0.25) is 9.78 Å². The van der Waals surface area contributed by atoms with Crippen molar-refractivity contribution in [2.24, 2.45) is 0 Å². The van der Waals surface area contributed by atoms with Gasteiger partial charge in [0.05, 0.1) is 0 Å². The van der Waals surface area contributed by atoms with E-state index in [4.69, 9.17) is 5.11 Å². The highest BCUT2D eigenvalue weighted by atomic mass is 16.3. The number of nitrogens with zero attached hydrogens (tertiary/aromatic N) is 1. The molecule has 0 radical (unpaired) electrons. The SMILES string of the molecule is CC[C@@](C)(CCO)NC(=O)c1ccncc1. The van der Waals surface area contributed by atoms with Crippen molar-refractivity contribution in [3.8, 4) is 0 Å². The molecule has 1 rings (SSSR count). The number of carbonyl (C=O) groups is 1. The number of carbonyl (C=O) groups excluding carboxylic acids is 1. The summed E-state index contributed by atoms with van der Waals surface area (Å²) in [5.74, 6) is -0.125. The first-order chi connectivity index (χ1) is 7.61. The van der Waals surface area contributed by atoms with E-state index in [0.29, 0.717) is 12.0 Å². The quantitative estimate of drug-likeness (QED) is 0.790. The summed E-state index contributed by atoms with van der Waals surface area (Å²) in [5.41, 5.74) is 0.238. The van der Waals surface area contributed by atoms with Crippen LogP contribution in [0.4, 0.5) is 0 Å². The molecular weight excluding hydrogens is 204 g/mol. The molecule has 0 bridgehead atoms. The Balaban J connectivity index is 2.70. The summed E-state index contributed by atoms with van der Waals surface area (Å²) in [6.07, 6.45) is 4.51. The number of hydrogen-bond donors (Lipinski definition) is 2. The molecule has 88 valence electrons. The minimum absolute atomic E-state index is 0.0704. The van der Waals surface area contributed by atoms with E-state index in [9.17, 15) is 4.79 Å². The summed E-state index contributed by atoms with van der Waals surface area (Å²) in [5, 5.41) is 11.9. The van der Waals surface area contributed by atoms with Crippen LogP contribution in [0.25, 0.3) is 0 Å². The minimum atomic E-state index is -0.352. The van der Waals surface area contributed by atoms with Crippen molar-refractivity contribution in [3.05, 3.63) is 30.1 Å². The number of rotatable bonds is 5. The third-order valence-corrected chi connectivity index (χ3v) is 2.80. The molecule has 16 heavy (non-hydrogen) atoms. The predicted molar refractivity (Wildman–Crippen MR) is 62.1 cm³/mol. The maximum Gasteiger partial charge on any atom is 0.251 e. The van der Waals surface area contributed by atoms with E-state index in [-0.39, 0.29) is 18.1 Å². The molecule has 1 aromatic rings. The van der Waals surface area contributed by atoms with Gasteiger partial charge in [-0.05, 0) is 31.9 Å². The maximum atomic E-state index is 11.9. The first kappa shape index (κ1) is 12.6. The van der Waals surface area contributed by atoms with E-state index in [1.807, 2.05) is 13.8 Å². The molecule has 1 aromatic heterocycles. The zero-order valence-corrected chi connectivity index (χ0v) is 9.73. The van der Waals surface area contributed by atoms with Crippen LogP contribution in [0.15, 0.2) is 24.5 Å². The lowest BCUT2D eigenvalue weighted by Gasteiger charge is -2.28. The van der Waals surface area contributed by atoms with Gasteiger partial charge in [0.2, 0.25) is 0 Å². The van der Waals surface area contributed by atoms with Gasteiger partial charge in [0.15, 0.2) is 0 Å². The molecule has 0 aliphatic carbocycles. The first-order valence-electron chi connectivity index (χ1n) is 5.44. The Hall–Kier alpha value is -1.42. The number of nitrogens with one attached hydrogen (secondary N) is 1.